The first kappa shape index (κ1) is 20.7. The summed E-state index contributed by atoms with van der Waals surface area (Å²) in [6.07, 6.45) is 0.606. The topological polar surface area (TPSA) is 72.9 Å². The van der Waals surface area contributed by atoms with Crippen LogP contribution in [0.5, 0.6) is 5.75 Å². The van der Waals surface area contributed by atoms with Gasteiger partial charge in [-0.3, -0.25) is 0 Å². The molecule has 1 aliphatic rings. The fourth-order valence-corrected chi connectivity index (χ4v) is 6.22. The van der Waals surface area contributed by atoms with Gasteiger partial charge in [0.1, 0.15) is 5.75 Å². The van der Waals surface area contributed by atoms with Crippen molar-refractivity contribution in [3.8, 4) is 5.75 Å². The summed E-state index contributed by atoms with van der Waals surface area (Å²) in [5.41, 5.74) is 1.01. The van der Waals surface area contributed by atoms with Gasteiger partial charge < -0.3 is 9.47 Å². The molecule has 0 spiro atoms. The van der Waals surface area contributed by atoms with Gasteiger partial charge in [-0.05, 0) is 43.2 Å². The molecule has 0 aliphatic carbocycles. The Morgan fingerprint density at radius 2 is 1.86 bits per heavy atom. The van der Waals surface area contributed by atoms with Crippen LogP contribution in [-0.2, 0) is 26.0 Å². The van der Waals surface area contributed by atoms with Crippen molar-refractivity contribution < 1.29 is 22.7 Å². The van der Waals surface area contributed by atoms with Crippen LogP contribution in [0.15, 0.2) is 59.5 Å². The number of carbonyl (C=O) groups is 1. The maximum Gasteiger partial charge on any atom is 0.344 e. The SMILES string of the molecule is CCOC(=O)COc1ccc(CC2SCCN2S(=O)(=O)c2ccccc2)cc1. The minimum absolute atomic E-state index is 0.130. The molecule has 2 aromatic rings. The van der Waals surface area contributed by atoms with E-state index in [2.05, 4.69) is 0 Å². The van der Waals surface area contributed by atoms with E-state index in [9.17, 15) is 13.2 Å². The van der Waals surface area contributed by atoms with Crippen molar-refractivity contribution >= 4 is 27.8 Å². The molecule has 1 fully saturated rings. The van der Waals surface area contributed by atoms with Crippen molar-refractivity contribution in [2.45, 2.75) is 23.6 Å². The maximum atomic E-state index is 12.9. The van der Waals surface area contributed by atoms with Crippen molar-refractivity contribution in [1.82, 2.24) is 4.31 Å². The molecule has 6 nitrogen and oxygen atoms in total. The van der Waals surface area contributed by atoms with Crippen molar-refractivity contribution in [3.05, 3.63) is 60.2 Å². The normalized spacial score (nSPS) is 17.4. The Labute approximate surface area is 169 Å². The highest BCUT2D eigenvalue weighted by molar-refractivity contribution is 8.01. The zero-order valence-electron chi connectivity index (χ0n) is 15.6. The zero-order chi connectivity index (χ0) is 20.0. The Morgan fingerprint density at radius 3 is 2.54 bits per heavy atom. The fraction of sp³-hybridized carbons (Fsp3) is 0.350. The van der Waals surface area contributed by atoms with Crippen molar-refractivity contribution in [1.29, 1.82) is 0 Å². The van der Waals surface area contributed by atoms with E-state index < -0.39 is 16.0 Å². The number of carbonyl (C=O) groups excluding carboxylic acids is 1. The van der Waals surface area contributed by atoms with E-state index in [1.54, 1.807) is 65.5 Å². The number of esters is 1. The van der Waals surface area contributed by atoms with Crippen LogP contribution < -0.4 is 4.74 Å². The van der Waals surface area contributed by atoms with Gasteiger partial charge >= 0.3 is 5.97 Å². The third kappa shape index (κ3) is 5.06. The largest absolute Gasteiger partial charge is 0.482 e. The molecule has 2 aromatic carbocycles. The smallest absolute Gasteiger partial charge is 0.344 e. The van der Waals surface area contributed by atoms with Crippen LogP contribution in [0.1, 0.15) is 12.5 Å². The summed E-state index contributed by atoms with van der Waals surface area (Å²) >= 11 is 1.65. The predicted molar refractivity (Wildman–Crippen MR) is 109 cm³/mol. The van der Waals surface area contributed by atoms with Gasteiger partial charge in [-0.1, -0.05) is 30.3 Å². The number of hydrogen-bond acceptors (Lipinski definition) is 6. The number of nitrogens with zero attached hydrogens (tertiary/aromatic N) is 1. The van der Waals surface area contributed by atoms with E-state index in [-0.39, 0.29) is 12.0 Å². The summed E-state index contributed by atoms with van der Waals surface area (Å²) in [5.74, 6) is 0.942. The Morgan fingerprint density at radius 1 is 1.14 bits per heavy atom. The molecule has 8 heteroatoms. The monoisotopic (exact) mass is 421 g/mol. The lowest BCUT2D eigenvalue weighted by molar-refractivity contribution is -0.145. The lowest BCUT2D eigenvalue weighted by atomic mass is 10.1. The summed E-state index contributed by atoms with van der Waals surface area (Å²) in [5, 5.41) is -0.142. The molecule has 1 atom stereocenters. The minimum Gasteiger partial charge on any atom is -0.482 e. The molecule has 1 aliphatic heterocycles. The van der Waals surface area contributed by atoms with Crippen molar-refractivity contribution in [2.24, 2.45) is 0 Å². The van der Waals surface area contributed by atoms with Gasteiger partial charge in [0.2, 0.25) is 10.0 Å². The van der Waals surface area contributed by atoms with Gasteiger partial charge in [0.25, 0.3) is 0 Å². The van der Waals surface area contributed by atoms with Crippen molar-refractivity contribution in [3.63, 3.8) is 0 Å². The van der Waals surface area contributed by atoms with Gasteiger partial charge in [-0.25, -0.2) is 13.2 Å². The average Bonchev–Trinajstić information content (AvgIpc) is 3.17. The number of rotatable bonds is 8. The third-order valence-electron chi connectivity index (χ3n) is 4.29. The molecular formula is C20H23NO5S2. The van der Waals surface area contributed by atoms with Crippen LogP contribution in [0.3, 0.4) is 0 Å². The van der Waals surface area contributed by atoms with E-state index >= 15 is 0 Å². The van der Waals surface area contributed by atoms with E-state index in [0.29, 0.717) is 30.2 Å². The van der Waals surface area contributed by atoms with Gasteiger partial charge in [0.15, 0.2) is 6.61 Å². The number of thioether (sulfide) groups is 1. The molecule has 0 saturated carbocycles. The fourth-order valence-electron chi connectivity index (χ4n) is 2.94. The number of ether oxygens (including phenoxy) is 2. The number of sulfonamides is 1. The first-order valence-corrected chi connectivity index (χ1v) is 11.6. The quantitative estimate of drug-likeness (QED) is 0.610. The van der Waals surface area contributed by atoms with Crippen LogP contribution >= 0.6 is 11.8 Å². The second-order valence-corrected chi connectivity index (χ2v) is 9.37. The van der Waals surface area contributed by atoms with Crippen LogP contribution in [0, 0.1) is 0 Å². The molecule has 28 heavy (non-hydrogen) atoms. The Balaban J connectivity index is 1.63. The summed E-state index contributed by atoms with van der Waals surface area (Å²) in [4.78, 5) is 11.7. The molecule has 0 bridgehead atoms. The highest BCUT2D eigenvalue weighted by Crippen LogP contribution is 2.32. The van der Waals surface area contributed by atoms with Gasteiger partial charge in [0, 0.05) is 12.3 Å². The van der Waals surface area contributed by atoms with Crippen LogP contribution in [0.25, 0.3) is 0 Å². The minimum atomic E-state index is -3.50. The summed E-state index contributed by atoms with van der Waals surface area (Å²) in [7, 11) is -3.50. The molecule has 1 unspecified atom stereocenters. The van der Waals surface area contributed by atoms with E-state index in [4.69, 9.17) is 9.47 Å². The lowest BCUT2D eigenvalue weighted by Gasteiger charge is -2.23. The molecule has 0 N–H and O–H groups in total. The van der Waals surface area contributed by atoms with Gasteiger partial charge in [-0.15, -0.1) is 11.8 Å². The lowest BCUT2D eigenvalue weighted by Crippen LogP contribution is -2.36. The second kappa shape index (κ2) is 9.45. The molecular weight excluding hydrogens is 398 g/mol. The highest BCUT2D eigenvalue weighted by atomic mass is 32.2. The zero-order valence-corrected chi connectivity index (χ0v) is 17.2. The number of hydrogen-bond donors (Lipinski definition) is 0. The van der Waals surface area contributed by atoms with Crippen LogP contribution in [0.4, 0.5) is 0 Å². The summed E-state index contributed by atoms with van der Waals surface area (Å²) < 4.78 is 37.7. The molecule has 3 rings (SSSR count). The second-order valence-electron chi connectivity index (χ2n) is 6.20. The Bertz CT molecular complexity index is 885. The molecule has 1 saturated heterocycles. The van der Waals surface area contributed by atoms with E-state index in [1.807, 2.05) is 12.1 Å². The molecule has 1 heterocycles. The summed E-state index contributed by atoms with van der Waals surface area (Å²) in [6.45, 7) is 2.44. The van der Waals surface area contributed by atoms with Gasteiger partial charge in [0.05, 0.1) is 16.9 Å². The molecule has 150 valence electrons. The Hall–Kier alpha value is -2.03. The van der Waals surface area contributed by atoms with Crippen LogP contribution in [0.2, 0.25) is 0 Å². The third-order valence-corrected chi connectivity index (χ3v) is 7.57. The van der Waals surface area contributed by atoms with Gasteiger partial charge in [-0.2, -0.15) is 4.31 Å². The Kier molecular flexibility index (Phi) is 6.98. The molecule has 0 aromatic heterocycles. The van der Waals surface area contributed by atoms with E-state index in [0.717, 1.165) is 11.3 Å². The van der Waals surface area contributed by atoms with Crippen LogP contribution in [-0.4, -0.2) is 49.6 Å². The number of benzene rings is 2. The standard InChI is InChI=1S/C20H23NO5S2/c1-2-25-20(22)15-26-17-10-8-16(9-11-17)14-19-21(12-13-27-19)28(23,24)18-6-4-3-5-7-18/h3-11,19H,2,12-15H2,1H3. The van der Waals surface area contributed by atoms with E-state index in [1.165, 1.54) is 0 Å². The molecule has 0 radical (unpaired) electrons. The maximum absolute atomic E-state index is 12.9. The highest BCUT2D eigenvalue weighted by Gasteiger charge is 2.35. The summed E-state index contributed by atoms with van der Waals surface area (Å²) in [6, 6.07) is 15.9. The van der Waals surface area contributed by atoms with Crippen molar-refractivity contribution in [2.75, 3.05) is 25.5 Å². The first-order valence-electron chi connectivity index (χ1n) is 9.06. The average molecular weight is 422 g/mol. The molecule has 0 amide bonds. The predicted octanol–water partition coefficient (Wildman–Crippen LogP) is 2.93. The first-order chi connectivity index (χ1) is 13.5.